The summed E-state index contributed by atoms with van der Waals surface area (Å²) >= 11 is 0. The van der Waals surface area contributed by atoms with E-state index in [0.29, 0.717) is 23.6 Å². The van der Waals surface area contributed by atoms with Crippen molar-refractivity contribution in [3.05, 3.63) is 71.2 Å². The summed E-state index contributed by atoms with van der Waals surface area (Å²) in [5.74, 6) is 0.930. The highest BCUT2D eigenvalue weighted by Crippen LogP contribution is 2.23. The lowest BCUT2D eigenvalue weighted by molar-refractivity contribution is 0.488. The van der Waals surface area contributed by atoms with Crippen LogP contribution in [0.4, 0.5) is 4.39 Å². The Morgan fingerprint density at radius 3 is 2.71 bits per heavy atom. The molecule has 0 bridgehead atoms. The maximum Gasteiger partial charge on any atom is 0.192 e. The first-order valence-corrected chi connectivity index (χ1v) is 8.82. The Kier molecular flexibility index (Phi) is 7.81. The smallest absolute Gasteiger partial charge is 0.192 e. The molecule has 5 nitrogen and oxygen atoms in total. The lowest BCUT2D eigenvalue weighted by Crippen LogP contribution is -2.38. The summed E-state index contributed by atoms with van der Waals surface area (Å²) < 4.78 is 19.9. The lowest BCUT2D eigenvalue weighted by atomic mass is 10.1. The molecule has 28 heavy (non-hydrogen) atoms. The predicted molar refractivity (Wildman–Crippen MR) is 119 cm³/mol. The molecule has 0 aliphatic heterocycles. The maximum absolute atomic E-state index is 14.0. The second kappa shape index (κ2) is 10.1. The Morgan fingerprint density at radius 2 is 2.04 bits per heavy atom. The molecule has 3 rings (SSSR count). The first-order chi connectivity index (χ1) is 13.1. The highest BCUT2D eigenvalue weighted by Gasteiger charge is 2.13. The molecule has 0 radical (unpaired) electrons. The van der Waals surface area contributed by atoms with Crippen molar-refractivity contribution in [2.45, 2.75) is 26.4 Å². The van der Waals surface area contributed by atoms with E-state index in [2.05, 4.69) is 15.6 Å². The SMILES string of the molecule is CCNC(=NCc1ccc(C#N)cc1F)NC(C)c1cc2ccccc2o1.I. The topological polar surface area (TPSA) is 73.3 Å². The third-order valence-electron chi connectivity index (χ3n) is 4.16. The predicted octanol–water partition coefficient (Wildman–Crippen LogP) is 4.88. The van der Waals surface area contributed by atoms with E-state index in [0.717, 1.165) is 16.7 Å². The summed E-state index contributed by atoms with van der Waals surface area (Å²) in [5.41, 5.74) is 1.56. The Bertz CT molecular complexity index is 976. The summed E-state index contributed by atoms with van der Waals surface area (Å²) in [4.78, 5) is 4.45. The van der Waals surface area contributed by atoms with Gasteiger partial charge in [0.25, 0.3) is 0 Å². The van der Waals surface area contributed by atoms with Crippen molar-refractivity contribution in [1.82, 2.24) is 10.6 Å². The number of nitrogens with zero attached hydrogens (tertiary/aromatic N) is 2. The zero-order valence-electron chi connectivity index (χ0n) is 15.7. The standard InChI is InChI=1S/C21H21FN4O.HI/c1-3-24-21(25-13-17-9-8-15(12-23)10-18(17)22)26-14(2)20-11-16-6-4-5-7-19(16)27-20;/h4-11,14H,3,13H2,1-2H3,(H2,24,25,26);1H. The van der Waals surface area contributed by atoms with Crippen molar-refractivity contribution in [3.8, 4) is 6.07 Å². The molecule has 1 atom stereocenters. The van der Waals surface area contributed by atoms with Crippen LogP contribution in [0.1, 0.15) is 36.8 Å². The van der Waals surface area contributed by atoms with Gasteiger partial charge in [-0.05, 0) is 38.1 Å². The van der Waals surface area contributed by atoms with Crippen molar-refractivity contribution in [2.24, 2.45) is 4.99 Å². The molecular weight excluding hydrogens is 470 g/mol. The van der Waals surface area contributed by atoms with Gasteiger partial charge in [0.15, 0.2) is 5.96 Å². The molecule has 0 spiro atoms. The van der Waals surface area contributed by atoms with Crippen LogP contribution >= 0.6 is 24.0 Å². The molecule has 7 heteroatoms. The van der Waals surface area contributed by atoms with E-state index in [1.165, 1.54) is 6.07 Å². The summed E-state index contributed by atoms with van der Waals surface area (Å²) in [6, 6.07) is 16.0. The van der Waals surface area contributed by atoms with E-state index < -0.39 is 5.82 Å². The summed E-state index contributed by atoms with van der Waals surface area (Å²) in [5, 5.41) is 16.3. The Morgan fingerprint density at radius 1 is 1.25 bits per heavy atom. The zero-order chi connectivity index (χ0) is 19.2. The third-order valence-corrected chi connectivity index (χ3v) is 4.16. The molecule has 146 valence electrons. The lowest BCUT2D eigenvalue weighted by Gasteiger charge is -2.16. The van der Waals surface area contributed by atoms with Crippen molar-refractivity contribution in [3.63, 3.8) is 0 Å². The number of fused-ring (bicyclic) bond motifs is 1. The van der Waals surface area contributed by atoms with E-state index in [4.69, 9.17) is 9.68 Å². The molecule has 0 aliphatic carbocycles. The highest BCUT2D eigenvalue weighted by atomic mass is 127. The van der Waals surface area contributed by atoms with E-state index in [-0.39, 0.29) is 36.6 Å². The number of hydrogen-bond acceptors (Lipinski definition) is 3. The molecule has 2 aromatic carbocycles. The van der Waals surface area contributed by atoms with Crippen LogP contribution in [0.2, 0.25) is 0 Å². The van der Waals surface area contributed by atoms with Gasteiger partial charge in [-0.3, -0.25) is 0 Å². The molecule has 3 aromatic rings. The number of para-hydroxylation sites is 1. The van der Waals surface area contributed by atoms with Crippen LogP contribution in [-0.4, -0.2) is 12.5 Å². The van der Waals surface area contributed by atoms with Crippen molar-refractivity contribution < 1.29 is 8.81 Å². The minimum absolute atomic E-state index is 0. The number of furan rings is 1. The van der Waals surface area contributed by atoms with Crippen molar-refractivity contribution >= 4 is 40.9 Å². The molecule has 0 amide bonds. The number of rotatable bonds is 5. The van der Waals surface area contributed by atoms with Gasteiger partial charge < -0.3 is 15.1 Å². The van der Waals surface area contributed by atoms with Gasteiger partial charge in [-0.1, -0.05) is 24.3 Å². The molecule has 2 N–H and O–H groups in total. The van der Waals surface area contributed by atoms with E-state index in [1.54, 1.807) is 12.1 Å². The number of halogens is 2. The average Bonchev–Trinajstić information content (AvgIpc) is 3.11. The second-order valence-electron chi connectivity index (χ2n) is 6.17. The van der Waals surface area contributed by atoms with Gasteiger partial charge in [0, 0.05) is 17.5 Å². The monoisotopic (exact) mass is 492 g/mol. The Labute approximate surface area is 180 Å². The van der Waals surface area contributed by atoms with Gasteiger partial charge in [0.1, 0.15) is 17.2 Å². The molecule has 0 saturated carbocycles. The number of hydrogen-bond donors (Lipinski definition) is 2. The number of nitriles is 1. The molecule has 0 saturated heterocycles. The fourth-order valence-corrected chi connectivity index (χ4v) is 2.72. The van der Waals surface area contributed by atoms with Crippen LogP contribution < -0.4 is 10.6 Å². The number of nitrogens with one attached hydrogen (secondary N) is 2. The number of aliphatic imine (C=N–C) groups is 1. The second-order valence-corrected chi connectivity index (χ2v) is 6.17. The van der Waals surface area contributed by atoms with Crippen LogP contribution in [0.15, 0.2) is 57.9 Å². The fraction of sp³-hybridized carbons (Fsp3) is 0.238. The highest BCUT2D eigenvalue weighted by molar-refractivity contribution is 14.0. The number of guanidine groups is 1. The van der Waals surface area contributed by atoms with Crippen LogP contribution in [0.25, 0.3) is 11.0 Å². The Hall–Kier alpha value is -2.60. The average molecular weight is 492 g/mol. The van der Waals surface area contributed by atoms with Gasteiger partial charge in [0.2, 0.25) is 0 Å². The molecule has 0 fully saturated rings. The molecular formula is C21H22FIN4O. The van der Waals surface area contributed by atoms with Crippen LogP contribution in [0.3, 0.4) is 0 Å². The quantitative estimate of drug-likeness (QED) is 0.303. The Balaban J connectivity index is 0.00000280. The molecule has 0 aliphatic rings. The normalized spacial score (nSPS) is 12.1. The van der Waals surface area contributed by atoms with Crippen molar-refractivity contribution in [1.29, 1.82) is 5.26 Å². The van der Waals surface area contributed by atoms with Gasteiger partial charge >= 0.3 is 0 Å². The maximum atomic E-state index is 14.0. The minimum Gasteiger partial charge on any atom is -0.459 e. The van der Waals surface area contributed by atoms with Crippen LogP contribution in [-0.2, 0) is 6.54 Å². The van der Waals surface area contributed by atoms with Gasteiger partial charge in [-0.25, -0.2) is 9.38 Å². The van der Waals surface area contributed by atoms with Gasteiger partial charge in [0.05, 0.1) is 24.2 Å². The first-order valence-electron chi connectivity index (χ1n) is 8.82. The summed E-state index contributed by atoms with van der Waals surface area (Å²) in [6.45, 7) is 4.78. The largest absolute Gasteiger partial charge is 0.459 e. The third kappa shape index (κ3) is 5.23. The van der Waals surface area contributed by atoms with E-state index in [1.807, 2.05) is 50.2 Å². The molecule has 1 unspecified atom stereocenters. The van der Waals surface area contributed by atoms with Gasteiger partial charge in [-0.2, -0.15) is 5.26 Å². The number of benzene rings is 2. The zero-order valence-corrected chi connectivity index (χ0v) is 18.0. The summed E-state index contributed by atoms with van der Waals surface area (Å²) in [7, 11) is 0. The van der Waals surface area contributed by atoms with Crippen molar-refractivity contribution in [2.75, 3.05) is 6.54 Å². The molecule has 1 aromatic heterocycles. The minimum atomic E-state index is -0.431. The van der Waals surface area contributed by atoms with Gasteiger partial charge in [-0.15, -0.1) is 24.0 Å². The van der Waals surface area contributed by atoms with E-state index in [9.17, 15) is 4.39 Å². The molecule has 1 heterocycles. The summed E-state index contributed by atoms with van der Waals surface area (Å²) in [6.07, 6.45) is 0. The van der Waals surface area contributed by atoms with Crippen LogP contribution in [0.5, 0.6) is 0 Å². The first kappa shape index (κ1) is 21.7. The van der Waals surface area contributed by atoms with E-state index >= 15 is 0 Å². The van der Waals surface area contributed by atoms with Crippen LogP contribution in [0, 0.1) is 17.1 Å². The fourth-order valence-electron chi connectivity index (χ4n) is 2.72.